The number of nitrogens with two attached hydrogens (primary N) is 1. The lowest BCUT2D eigenvalue weighted by atomic mass is 9.90. The SMILES string of the molecule is Cn1ncc(-c2nc(NC3CCC(N(CC(=O)NCCCCN)C(=O)OCc4ccccc4)CC3)ncc2Cl)c1CC1CC1. The maximum absolute atomic E-state index is 13.3. The Morgan fingerprint density at radius 3 is 2.59 bits per heavy atom. The number of amides is 2. The zero-order valence-corrected chi connectivity index (χ0v) is 26.1. The minimum atomic E-state index is -0.480. The molecule has 0 radical (unpaired) electrons. The molecule has 2 amide bonds. The predicted octanol–water partition coefficient (Wildman–Crippen LogP) is 4.70. The standard InChI is InChI=1S/C32H43ClN8O3/c1-40-28(17-22-9-10-22)26(18-37-40)30-27(33)19-36-31(39-30)38-24-11-13-25(14-12-24)41(20-29(42)35-16-6-5-15-34)32(43)44-21-23-7-3-2-4-8-23/h2-4,7-8,18-19,22,24-25H,5-6,9-17,20-21,34H2,1H3,(H,35,42)(H,36,38,39). The van der Waals surface area contributed by atoms with Crippen LogP contribution >= 0.6 is 11.6 Å². The van der Waals surface area contributed by atoms with Crippen molar-refractivity contribution in [3.8, 4) is 11.3 Å². The van der Waals surface area contributed by atoms with Crippen LogP contribution in [0.3, 0.4) is 0 Å². The summed E-state index contributed by atoms with van der Waals surface area (Å²) in [7, 11) is 1.96. The van der Waals surface area contributed by atoms with E-state index in [4.69, 9.17) is 27.1 Å². The van der Waals surface area contributed by atoms with E-state index in [1.807, 2.05) is 48.3 Å². The van der Waals surface area contributed by atoms with Crippen LogP contribution in [-0.2, 0) is 29.6 Å². The molecule has 11 nitrogen and oxygen atoms in total. The third kappa shape index (κ3) is 8.69. The van der Waals surface area contributed by atoms with Gasteiger partial charge in [-0.2, -0.15) is 5.10 Å². The van der Waals surface area contributed by atoms with Gasteiger partial charge in [0.15, 0.2) is 0 Å². The summed E-state index contributed by atoms with van der Waals surface area (Å²) < 4.78 is 7.57. The van der Waals surface area contributed by atoms with Crippen molar-refractivity contribution in [2.75, 3.05) is 25.0 Å². The van der Waals surface area contributed by atoms with Crippen LogP contribution in [-0.4, -0.2) is 68.4 Å². The van der Waals surface area contributed by atoms with Crippen molar-refractivity contribution in [1.82, 2.24) is 30.0 Å². The summed E-state index contributed by atoms with van der Waals surface area (Å²) in [5.41, 5.74) is 9.24. The minimum Gasteiger partial charge on any atom is -0.445 e. The van der Waals surface area contributed by atoms with Crippen molar-refractivity contribution < 1.29 is 14.3 Å². The molecule has 2 aromatic heterocycles. The fraction of sp³-hybridized carbons (Fsp3) is 0.531. The molecule has 44 heavy (non-hydrogen) atoms. The highest BCUT2D eigenvalue weighted by atomic mass is 35.5. The van der Waals surface area contributed by atoms with Crippen LogP contribution < -0.4 is 16.4 Å². The molecule has 4 N–H and O–H groups in total. The molecular formula is C32H43ClN8O3. The van der Waals surface area contributed by atoms with Gasteiger partial charge in [-0.1, -0.05) is 41.9 Å². The van der Waals surface area contributed by atoms with Gasteiger partial charge in [0, 0.05) is 36.9 Å². The molecule has 0 saturated heterocycles. The summed E-state index contributed by atoms with van der Waals surface area (Å²) in [6.07, 6.45) is 11.1. The molecule has 2 aliphatic rings. The molecule has 236 valence electrons. The van der Waals surface area contributed by atoms with Gasteiger partial charge < -0.3 is 21.1 Å². The fourth-order valence-corrected chi connectivity index (χ4v) is 5.88. The first kappa shape index (κ1) is 31.7. The molecule has 12 heteroatoms. The van der Waals surface area contributed by atoms with E-state index in [1.54, 1.807) is 11.1 Å². The summed E-state index contributed by atoms with van der Waals surface area (Å²) in [6, 6.07) is 9.54. The topological polar surface area (TPSA) is 140 Å². The molecule has 2 aliphatic carbocycles. The Hall–Kier alpha value is -3.70. The molecule has 0 aliphatic heterocycles. The zero-order valence-electron chi connectivity index (χ0n) is 25.4. The Kier molecular flexibility index (Phi) is 11.1. The maximum atomic E-state index is 13.3. The van der Waals surface area contributed by atoms with Gasteiger partial charge in [-0.15, -0.1) is 0 Å². The molecule has 1 aromatic carbocycles. The Balaban J connectivity index is 1.20. The molecule has 0 bridgehead atoms. The van der Waals surface area contributed by atoms with Crippen molar-refractivity contribution in [2.24, 2.45) is 18.7 Å². The van der Waals surface area contributed by atoms with Crippen LogP contribution in [0, 0.1) is 5.92 Å². The Bertz CT molecular complexity index is 1390. The number of unbranched alkanes of at least 4 members (excludes halogenated alkanes) is 1. The summed E-state index contributed by atoms with van der Waals surface area (Å²) in [5.74, 6) is 1.03. The minimum absolute atomic E-state index is 0.0447. The second-order valence-electron chi connectivity index (χ2n) is 11.8. The molecule has 0 atom stereocenters. The number of hydrogen-bond acceptors (Lipinski definition) is 8. The molecular weight excluding hydrogens is 580 g/mol. The number of carbonyl (C=O) groups excluding carboxylic acids is 2. The Morgan fingerprint density at radius 2 is 1.86 bits per heavy atom. The lowest BCUT2D eigenvalue weighted by Crippen LogP contribution is -2.48. The average molecular weight is 623 g/mol. The third-order valence-corrected chi connectivity index (χ3v) is 8.69. The molecule has 0 spiro atoms. The number of aryl methyl sites for hydroxylation is 1. The van der Waals surface area contributed by atoms with Crippen LogP contribution in [0.4, 0.5) is 10.7 Å². The van der Waals surface area contributed by atoms with Gasteiger partial charge in [-0.25, -0.2) is 14.8 Å². The highest BCUT2D eigenvalue weighted by Gasteiger charge is 2.32. The number of aromatic nitrogens is 4. The van der Waals surface area contributed by atoms with E-state index in [0.717, 1.165) is 48.9 Å². The van der Waals surface area contributed by atoms with Gasteiger partial charge in [-0.05, 0) is 75.8 Å². The molecule has 3 aromatic rings. The molecule has 2 heterocycles. The summed E-state index contributed by atoms with van der Waals surface area (Å²) in [6.45, 7) is 1.22. The summed E-state index contributed by atoms with van der Waals surface area (Å²) >= 11 is 6.57. The van der Waals surface area contributed by atoms with E-state index in [0.29, 0.717) is 48.5 Å². The third-order valence-electron chi connectivity index (χ3n) is 8.42. The number of hydrogen-bond donors (Lipinski definition) is 3. The first-order valence-corrected chi connectivity index (χ1v) is 16.0. The van der Waals surface area contributed by atoms with Crippen LogP contribution in [0.15, 0.2) is 42.7 Å². The largest absolute Gasteiger partial charge is 0.445 e. The van der Waals surface area contributed by atoms with Gasteiger partial charge >= 0.3 is 6.09 Å². The molecule has 0 unspecified atom stereocenters. The summed E-state index contributed by atoms with van der Waals surface area (Å²) in [5, 5.41) is 11.4. The normalized spacial score (nSPS) is 18.1. The van der Waals surface area contributed by atoms with Crippen LogP contribution in [0.1, 0.15) is 62.6 Å². The second-order valence-corrected chi connectivity index (χ2v) is 12.2. The van der Waals surface area contributed by atoms with E-state index in [2.05, 4.69) is 20.7 Å². The zero-order chi connectivity index (χ0) is 30.9. The smallest absolute Gasteiger partial charge is 0.410 e. The number of ether oxygens (including phenoxy) is 1. The Morgan fingerprint density at radius 1 is 1.09 bits per heavy atom. The number of rotatable bonds is 14. The molecule has 2 fully saturated rings. The van der Waals surface area contributed by atoms with Crippen molar-refractivity contribution in [1.29, 1.82) is 0 Å². The van der Waals surface area contributed by atoms with E-state index >= 15 is 0 Å². The van der Waals surface area contributed by atoms with Crippen LogP contribution in [0.5, 0.6) is 0 Å². The first-order valence-electron chi connectivity index (χ1n) is 15.7. The number of nitrogens with one attached hydrogen (secondary N) is 2. The number of carbonyl (C=O) groups is 2. The molecule has 5 rings (SSSR count). The lowest BCUT2D eigenvalue weighted by Gasteiger charge is -2.36. The number of nitrogens with zero attached hydrogens (tertiary/aromatic N) is 5. The lowest BCUT2D eigenvalue weighted by molar-refractivity contribution is -0.122. The highest BCUT2D eigenvalue weighted by Crippen LogP contribution is 2.37. The van der Waals surface area contributed by atoms with Gasteiger partial charge in [0.1, 0.15) is 13.2 Å². The van der Waals surface area contributed by atoms with Crippen LogP contribution in [0.25, 0.3) is 11.3 Å². The quantitative estimate of drug-likeness (QED) is 0.220. The summed E-state index contributed by atoms with van der Waals surface area (Å²) in [4.78, 5) is 36.9. The van der Waals surface area contributed by atoms with E-state index in [1.165, 1.54) is 12.8 Å². The van der Waals surface area contributed by atoms with Crippen molar-refractivity contribution >= 4 is 29.5 Å². The van der Waals surface area contributed by atoms with Gasteiger partial charge in [0.25, 0.3) is 0 Å². The van der Waals surface area contributed by atoms with Crippen molar-refractivity contribution in [3.05, 3.63) is 59.0 Å². The maximum Gasteiger partial charge on any atom is 0.410 e. The fourth-order valence-electron chi connectivity index (χ4n) is 5.69. The highest BCUT2D eigenvalue weighted by molar-refractivity contribution is 6.33. The van der Waals surface area contributed by atoms with Gasteiger partial charge in [0.2, 0.25) is 11.9 Å². The average Bonchev–Trinajstić information content (AvgIpc) is 3.79. The Labute approximate surface area is 263 Å². The molecule has 2 saturated carbocycles. The van der Waals surface area contributed by atoms with Gasteiger partial charge in [0.05, 0.1) is 23.1 Å². The monoisotopic (exact) mass is 622 g/mol. The van der Waals surface area contributed by atoms with E-state index in [9.17, 15) is 9.59 Å². The first-order chi connectivity index (χ1) is 21.4. The van der Waals surface area contributed by atoms with Crippen molar-refractivity contribution in [3.63, 3.8) is 0 Å². The van der Waals surface area contributed by atoms with E-state index in [-0.39, 0.29) is 31.1 Å². The number of halogens is 1. The second kappa shape index (κ2) is 15.3. The number of benzene rings is 1. The van der Waals surface area contributed by atoms with Crippen molar-refractivity contribution in [2.45, 2.75) is 76.5 Å². The van der Waals surface area contributed by atoms with E-state index < -0.39 is 6.09 Å². The number of anilines is 1. The predicted molar refractivity (Wildman–Crippen MR) is 170 cm³/mol. The van der Waals surface area contributed by atoms with Crippen LogP contribution in [0.2, 0.25) is 5.02 Å². The van der Waals surface area contributed by atoms with Gasteiger partial charge in [-0.3, -0.25) is 14.4 Å².